The molecule has 0 saturated carbocycles. The number of nitrogens with two attached hydrogens (primary N) is 2. The Bertz CT molecular complexity index is 142. The van der Waals surface area contributed by atoms with Crippen molar-refractivity contribution in [2.75, 3.05) is 0 Å². The molecule has 1 unspecified atom stereocenters. The summed E-state index contributed by atoms with van der Waals surface area (Å²) in [5.41, 5.74) is 9.79. The van der Waals surface area contributed by atoms with Crippen LogP contribution in [0, 0.1) is 0 Å². The van der Waals surface area contributed by atoms with Gasteiger partial charge in [-0.05, 0) is 6.42 Å². The number of aliphatic hydroxyl groups is 2. The Hall–Kier alpha value is -0.690. The van der Waals surface area contributed by atoms with Crippen molar-refractivity contribution in [3.05, 3.63) is 0 Å². The van der Waals surface area contributed by atoms with Gasteiger partial charge in [-0.1, -0.05) is 0 Å². The van der Waals surface area contributed by atoms with E-state index in [9.17, 15) is 4.79 Å². The standard InChI is InChI=1S/C5H12N2O4/c6-3(4(8)9)1-2-5(7,10)11/h3,10-11H,1-2,6-7H2,(H,8,9). The fraction of sp³-hybridized carbons (Fsp3) is 0.800. The Labute approximate surface area is 63.4 Å². The van der Waals surface area contributed by atoms with Crippen LogP contribution in [0.25, 0.3) is 0 Å². The SMILES string of the molecule is NC(CCC(N)(O)O)C(=O)O. The van der Waals surface area contributed by atoms with Crippen LogP contribution < -0.4 is 11.5 Å². The molecule has 0 aromatic carbocycles. The van der Waals surface area contributed by atoms with E-state index in [1.165, 1.54) is 0 Å². The van der Waals surface area contributed by atoms with E-state index in [2.05, 4.69) is 0 Å². The van der Waals surface area contributed by atoms with E-state index >= 15 is 0 Å². The van der Waals surface area contributed by atoms with Gasteiger partial charge in [0.1, 0.15) is 6.04 Å². The van der Waals surface area contributed by atoms with Crippen LogP contribution in [0.3, 0.4) is 0 Å². The van der Waals surface area contributed by atoms with Gasteiger partial charge in [0.05, 0.1) is 0 Å². The maximum atomic E-state index is 10.1. The van der Waals surface area contributed by atoms with Gasteiger partial charge in [-0.2, -0.15) is 0 Å². The molecule has 0 saturated heterocycles. The van der Waals surface area contributed by atoms with E-state index in [0.29, 0.717) is 0 Å². The van der Waals surface area contributed by atoms with Gasteiger partial charge in [0.15, 0.2) is 0 Å². The molecule has 11 heavy (non-hydrogen) atoms. The van der Waals surface area contributed by atoms with Crippen molar-refractivity contribution in [1.82, 2.24) is 0 Å². The second-order valence-electron chi connectivity index (χ2n) is 2.36. The van der Waals surface area contributed by atoms with E-state index in [1.807, 2.05) is 0 Å². The lowest BCUT2D eigenvalue weighted by atomic mass is 10.1. The van der Waals surface area contributed by atoms with E-state index in [-0.39, 0.29) is 12.8 Å². The third-order valence-electron chi connectivity index (χ3n) is 1.14. The molecule has 0 spiro atoms. The third kappa shape index (κ3) is 5.74. The molecule has 6 nitrogen and oxygen atoms in total. The zero-order valence-corrected chi connectivity index (χ0v) is 5.90. The second kappa shape index (κ2) is 3.63. The minimum absolute atomic E-state index is 0.0706. The first-order valence-corrected chi connectivity index (χ1v) is 3.05. The summed E-state index contributed by atoms with van der Waals surface area (Å²) in [6.45, 7) is 0. The van der Waals surface area contributed by atoms with Crippen molar-refractivity contribution in [2.24, 2.45) is 11.5 Å². The average molecular weight is 164 g/mol. The fourth-order valence-corrected chi connectivity index (χ4v) is 0.491. The number of carboxylic acids is 1. The highest BCUT2D eigenvalue weighted by atomic mass is 16.5. The normalized spacial score (nSPS) is 14.5. The van der Waals surface area contributed by atoms with Crippen molar-refractivity contribution in [3.8, 4) is 0 Å². The predicted octanol–water partition coefficient (Wildman–Crippen LogP) is -2.22. The van der Waals surface area contributed by atoms with Gasteiger partial charge in [-0.25, -0.2) is 0 Å². The molecular formula is C5H12N2O4. The van der Waals surface area contributed by atoms with Crippen LogP contribution in [-0.2, 0) is 4.79 Å². The van der Waals surface area contributed by atoms with Crippen LogP contribution in [0.15, 0.2) is 0 Å². The van der Waals surface area contributed by atoms with E-state index in [1.54, 1.807) is 0 Å². The van der Waals surface area contributed by atoms with Crippen molar-refractivity contribution < 1.29 is 20.1 Å². The molecule has 0 aromatic heterocycles. The number of hydrogen-bond donors (Lipinski definition) is 5. The average Bonchev–Trinajstić information content (AvgIpc) is 1.80. The highest BCUT2D eigenvalue weighted by molar-refractivity contribution is 5.72. The van der Waals surface area contributed by atoms with Gasteiger partial charge in [-0.15, -0.1) is 0 Å². The minimum Gasteiger partial charge on any atom is -0.480 e. The van der Waals surface area contributed by atoms with Gasteiger partial charge >= 0.3 is 5.97 Å². The quantitative estimate of drug-likeness (QED) is 0.299. The van der Waals surface area contributed by atoms with Crippen LogP contribution in [0.5, 0.6) is 0 Å². The molecule has 0 fully saturated rings. The molecule has 0 heterocycles. The number of aliphatic carboxylic acids is 1. The van der Waals surface area contributed by atoms with Gasteiger partial charge < -0.3 is 21.1 Å². The molecule has 7 N–H and O–H groups in total. The summed E-state index contributed by atoms with van der Waals surface area (Å²) in [7, 11) is 0. The lowest BCUT2D eigenvalue weighted by Crippen LogP contribution is -2.41. The summed E-state index contributed by atoms with van der Waals surface area (Å²) >= 11 is 0. The summed E-state index contributed by atoms with van der Waals surface area (Å²) in [6.07, 6.45) is -0.334. The molecule has 1 atom stereocenters. The highest BCUT2D eigenvalue weighted by Crippen LogP contribution is 2.03. The summed E-state index contributed by atoms with van der Waals surface area (Å²) in [4.78, 5) is 10.1. The molecular weight excluding hydrogens is 152 g/mol. The largest absolute Gasteiger partial charge is 0.480 e. The first kappa shape index (κ1) is 10.3. The van der Waals surface area contributed by atoms with Crippen LogP contribution >= 0.6 is 0 Å². The number of carbonyl (C=O) groups is 1. The molecule has 0 aromatic rings. The van der Waals surface area contributed by atoms with Crippen molar-refractivity contribution in [3.63, 3.8) is 0 Å². The summed E-state index contributed by atoms with van der Waals surface area (Å²) in [6, 6.07) is -1.10. The topological polar surface area (TPSA) is 130 Å². The molecule has 0 radical (unpaired) electrons. The maximum Gasteiger partial charge on any atom is 0.320 e. The number of carboxylic acid groups (broad SMARTS) is 1. The van der Waals surface area contributed by atoms with Crippen molar-refractivity contribution in [1.29, 1.82) is 0 Å². The first-order chi connectivity index (χ1) is 4.83. The Morgan fingerprint density at radius 3 is 2.27 bits per heavy atom. The smallest absolute Gasteiger partial charge is 0.320 e. The zero-order chi connectivity index (χ0) is 9.07. The molecule has 0 aliphatic carbocycles. The zero-order valence-electron chi connectivity index (χ0n) is 5.90. The summed E-state index contributed by atoms with van der Waals surface area (Å²) < 4.78 is 0. The van der Waals surface area contributed by atoms with E-state index < -0.39 is 17.9 Å². The van der Waals surface area contributed by atoms with Crippen molar-refractivity contribution in [2.45, 2.75) is 24.8 Å². The fourth-order valence-electron chi connectivity index (χ4n) is 0.491. The molecule has 0 aliphatic heterocycles. The van der Waals surface area contributed by atoms with Gasteiger partial charge in [0, 0.05) is 6.42 Å². The first-order valence-electron chi connectivity index (χ1n) is 3.05. The van der Waals surface area contributed by atoms with Crippen LogP contribution in [0.1, 0.15) is 12.8 Å². The van der Waals surface area contributed by atoms with Gasteiger partial charge in [-0.3, -0.25) is 10.5 Å². The third-order valence-corrected chi connectivity index (χ3v) is 1.14. The van der Waals surface area contributed by atoms with Crippen LogP contribution in [-0.4, -0.2) is 33.2 Å². The Balaban J connectivity index is 3.63. The molecule has 66 valence electrons. The molecule has 0 amide bonds. The molecule has 0 bridgehead atoms. The highest BCUT2D eigenvalue weighted by Gasteiger charge is 2.20. The number of hydrogen-bond acceptors (Lipinski definition) is 5. The Kier molecular flexibility index (Phi) is 3.40. The van der Waals surface area contributed by atoms with E-state index in [0.717, 1.165) is 0 Å². The van der Waals surface area contributed by atoms with Gasteiger partial charge in [0.25, 0.3) is 0 Å². The molecule has 0 rings (SSSR count). The Morgan fingerprint density at radius 2 is 2.00 bits per heavy atom. The number of rotatable bonds is 4. The lowest BCUT2D eigenvalue weighted by Gasteiger charge is -2.16. The van der Waals surface area contributed by atoms with Crippen LogP contribution in [0.2, 0.25) is 0 Å². The molecule has 0 aliphatic rings. The lowest BCUT2D eigenvalue weighted by molar-refractivity contribution is -0.162. The monoisotopic (exact) mass is 164 g/mol. The minimum atomic E-state index is -2.33. The summed E-state index contributed by atoms with van der Waals surface area (Å²) in [5, 5.41) is 25.3. The second-order valence-corrected chi connectivity index (χ2v) is 2.36. The summed E-state index contributed by atoms with van der Waals surface area (Å²) in [5.74, 6) is -3.51. The van der Waals surface area contributed by atoms with Gasteiger partial charge in [0.2, 0.25) is 5.91 Å². The molecule has 6 heteroatoms. The van der Waals surface area contributed by atoms with E-state index in [4.69, 9.17) is 26.8 Å². The maximum absolute atomic E-state index is 10.1. The van der Waals surface area contributed by atoms with Crippen molar-refractivity contribution >= 4 is 5.97 Å². The van der Waals surface area contributed by atoms with Crippen LogP contribution in [0.4, 0.5) is 0 Å². The predicted molar refractivity (Wildman–Crippen MR) is 36.2 cm³/mol. The Morgan fingerprint density at radius 1 is 1.55 bits per heavy atom.